The van der Waals surface area contributed by atoms with E-state index in [4.69, 9.17) is 5.73 Å². The molecule has 3 nitrogen and oxygen atoms in total. The van der Waals surface area contributed by atoms with Gasteiger partial charge in [0.25, 0.3) is 0 Å². The Kier molecular flexibility index (Phi) is 3.30. The number of nitrogens with one attached hydrogen (secondary N) is 1. The van der Waals surface area contributed by atoms with Crippen LogP contribution in [-0.4, -0.2) is 11.4 Å². The summed E-state index contributed by atoms with van der Waals surface area (Å²) in [5, 5.41) is 2.86. The highest BCUT2D eigenvalue weighted by Gasteiger charge is 2.37. The molecule has 1 amide bonds. The molecular weight excluding hydrogens is 268 g/mol. The zero-order valence-corrected chi connectivity index (χ0v) is 10.6. The number of rotatable bonds is 4. The van der Waals surface area contributed by atoms with Crippen molar-refractivity contribution in [2.24, 2.45) is 5.73 Å². The lowest BCUT2D eigenvalue weighted by Crippen LogP contribution is -2.24. The molecule has 1 aliphatic rings. The first-order valence-corrected chi connectivity index (χ1v) is 6.21. The Labute approximate surface area is 104 Å². The molecule has 0 unspecified atom stereocenters. The van der Waals surface area contributed by atoms with Crippen LogP contribution in [0.25, 0.3) is 0 Å². The Morgan fingerprint density at radius 3 is 2.88 bits per heavy atom. The summed E-state index contributed by atoms with van der Waals surface area (Å²) in [6.45, 7) is 0. The molecule has 16 heavy (non-hydrogen) atoms. The van der Waals surface area contributed by atoms with Gasteiger partial charge in [-0.05, 0) is 37.5 Å². The maximum absolute atomic E-state index is 11.6. The summed E-state index contributed by atoms with van der Waals surface area (Å²) in [6.07, 6.45) is 3.39. The fourth-order valence-electron chi connectivity index (χ4n) is 1.56. The number of nitrogens with two attached hydrogens (primary N) is 1. The number of halogens is 1. The fraction of sp³-hybridized carbons (Fsp3) is 0.417. The Hall–Kier alpha value is -0.870. The number of amides is 1. The Morgan fingerprint density at radius 1 is 1.50 bits per heavy atom. The molecule has 4 heteroatoms. The van der Waals surface area contributed by atoms with Gasteiger partial charge in [0.15, 0.2) is 0 Å². The average Bonchev–Trinajstić information content (AvgIpc) is 2.95. The third kappa shape index (κ3) is 3.32. The predicted molar refractivity (Wildman–Crippen MR) is 68.2 cm³/mol. The molecule has 0 bridgehead atoms. The largest absolute Gasteiger partial charge is 0.326 e. The van der Waals surface area contributed by atoms with Crippen LogP contribution >= 0.6 is 15.9 Å². The molecule has 0 spiro atoms. The minimum absolute atomic E-state index is 0.0369. The maximum atomic E-state index is 11.6. The van der Waals surface area contributed by atoms with E-state index in [2.05, 4.69) is 21.2 Å². The second kappa shape index (κ2) is 4.55. The minimum atomic E-state index is -0.0470. The van der Waals surface area contributed by atoms with Gasteiger partial charge >= 0.3 is 0 Å². The summed E-state index contributed by atoms with van der Waals surface area (Å²) < 4.78 is 0.961. The molecule has 1 aromatic rings. The average molecular weight is 283 g/mol. The molecule has 0 saturated heterocycles. The van der Waals surface area contributed by atoms with Gasteiger partial charge in [-0.2, -0.15) is 0 Å². The van der Waals surface area contributed by atoms with E-state index in [0.29, 0.717) is 6.42 Å². The van der Waals surface area contributed by atoms with Crippen molar-refractivity contribution in [1.82, 2.24) is 0 Å². The summed E-state index contributed by atoms with van der Waals surface area (Å²) in [5.74, 6) is 0.0369. The van der Waals surface area contributed by atoms with Crippen LogP contribution in [0.2, 0.25) is 0 Å². The Balaban J connectivity index is 1.82. The summed E-state index contributed by atoms with van der Waals surface area (Å²) in [5.41, 5.74) is 6.70. The molecule has 1 fully saturated rings. The van der Waals surface area contributed by atoms with Crippen molar-refractivity contribution in [3.63, 3.8) is 0 Å². The molecule has 1 aliphatic carbocycles. The van der Waals surface area contributed by atoms with Gasteiger partial charge in [-0.15, -0.1) is 0 Å². The molecule has 0 atom stereocenters. The van der Waals surface area contributed by atoms with Crippen LogP contribution in [0.3, 0.4) is 0 Å². The van der Waals surface area contributed by atoms with Crippen LogP contribution in [0, 0.1) is 0 Å². The van der Waals surface area contributed by atoms with Crippen molar-refractivity contribution >= 4 is 27.5 Å². The summed E-state index contributed by atoms with van der Waals surface area (Å²) in [6, 6.07) is 7.57. The van der Waals surface area contributed by atoms with Crippen molar-refractivity contribution < 1.29 is 4.79 Å². The first-order valence-electron chi connectivity index (χ1n) is 5.42. The van der Waals surface area contributed by atoms with Gasteiger partial charge < -0.3 is 11.1 Å². The number of carbonyl (C=O) groups is 1. The van der Waals surface area contributed by atoms with Crippen molar-refractivity contribution in [2.75, 3.05) is 5.32 Å². The molecule has 86 valence electrons. The molecule has 0 radical (unpaired) electrons. The van der Waals surface area contributed by atoms with E-state index in [1.54, 1.807) is 0 Å². The zero-order chi connectivity index (χ0) is 11.6. The highest BCUT2D eigenvalue weighted by molar-refractivity contribution is 9.10. The van der Waals surface area contributed by atoms with Crippen LogP contribution in [0.15, 0.2) is 28.7 Å². The SMILES string of the molecule is NC1(CCC(=O)Nc2cccc(Br)c2)CC1. The number of benzene rings is 1. The third-order valence-electron chi connectivity index (χ3n) is 2.85. The molecule has 0 heterocycles. The molecule has 0 aromatic heterocycles. The van der Waals surface area contributed by atoms with Crippen LogP contribution in [-0.2, 0) is 4.79 Å². The molecule has 1 aromatic carbocycles. The van der Waals surface area contributed by atoms with E-state index in [1.165, 1.54) is 0 Å². The number of hydrogen-bond donors (Lipinski definition) is 2. The fourth-order valence-corrected chi connectivity index (χ4v) is 1.96. The molecule has 0 aliphatic heterocycles. The zero-order valence-electron chi connectivity index (χ0n) is 9.00. The van der Waals surface area contributed by atoms with Crippen LogP contribution < -0.4 is 11.1 Å². The first kappa shape index (κ1) is 11.6. The highest BCUT2D eigenvalue weighted by Crippen LogP contribution is 2.36. The quantitative estimate of drug-likeness (QED) is 0.892. The molecule has 2 rings (SSSR count). The molecular formula is C12H15BrN2O. The Morgan fingerprint density at radius 2 is 2.25 bits per heavy atom. The van der Waals surface area contributed by atoms with E-state index < -0.39 is 0 Å². The number of hydrogen-bond acceptors (Lipinski definition) is 2. The van der Waals surface area contributed by atoms with Gasteiger partial charge in [-0.3, -0.25) is 4.79 Å². The molecule has 1 saturated carbocycles. The van der Waals surface area contributed by atoms with E-state index >= 15 is 0 Å². The summed E-state index contributed by atoms with van der Waals surface area (Å²) >= 11 is 3.36. The van der Waals surface area contributed by atoms with Gasteiger partial charge in [0.05, 0.1) is 0 Å². The topological polar surface area (TPSA) is 55.1 Å². The summed E-state index contributed by atoms with van der Waals surface area (Å²) in [7, 11) is 0. The smallest absolute Gasteiger partial charge is 0.224 e. The maximum Gasteiger partial charge on any atom is 0.224 e. The third-order valence-corrected chi connectivity index (χ3v) is 3.34. The molecule has 3 N–H and O–H groups in total. The second-order valence-corrected chi connectivity index (χ2v) is 5.34. The highest BCUT2D eigenvalue weighted by atomic mass is 79.9. The van der Waals surface area contributed by atoms with Crippen molar-refractivity contribution in [2.45, 2.75) is 31.2 Å². The monoisotopic (exact) mass is 282 g/mol. The van der Waals surface area contributed by atoms with Crippen LogP contribution in [0.4, 0.5) is 5.69 Å². The van der Waals surface area contributed by atoms with Crippen LogP contribution in [0.1, 0.15) is 25.7 Å². The van der Waals surface area contributed by atoms with Crippen molar-refractivity contribution in [1.29, 1.82) is 0 Å². The van der Waals surface area contributed by atoms with Gasteiger partial charge in [0.2, 0.25) is 5.91 Å². The summed E-state index contributed by atoms with van der Waals surface area (Å²) in [4.78, 5) is 11.6. The predicted octanol–water partition coefficient (Wildman–Crippen LogP) is 2.66. The second-order valence-electron chi connectivity index (χ2n) is 4.42. The number of carbonyl (C=O) groups excluding carboxylic acids is 1. The lowest BCUT2D eigenvalue weighted by atomic mass is 10.1. The normalized spacial score (nSPS) is 16.9. The Bertz CT molecular complexity index is 402. The van der Waals surface area contributed by atoms with Gasteiger partial charge in [-0.25, -0.2) is 0 Å². The van der Waals surface area contributed by atoms with E-state index in [0.717, 1.165) is 29.4 Å². The van der Waals surface area contributed by atoms with Gasteiger partial charge in [0.1, 0.15) is 0 Å². The standard InChI is InChI=1S/C12H15BrN2O/c13-9-2-1-3-10(8-9)15-11(16)4-5-12(14)6-7-12/h1-3,8H,4-7,14H2,(H,15,16). The van der Waals surface area contributed by atoms with Crippen molar-refractivity contribution in [3.8, 4) is 0 Å². The van der Waals surface area contributed by atoms with E-state index in [9.17, 15) is 4.79 Å². The minimum Gasteiger partial charge on any atom is -0.326 e. The van der Waals surface area contributed by atoms with E-state index in [-0.39, 0.29) is 11.4 Å². The van der Waals surface area contributed by atoms with Gasteiger partial charge in [-0.1, -0.05) is 22.0 Å². The van der Waals surface area contributed by atoms with Crippen molar-refractivity contribution in [3.05, 3.63) is 28.7 Å². The van der Waals surface area contributed by atoms with Gasteiger partial charge in [0, 0.05) is 22.1 Å². The van der Waals surface area contributed by atoms with E-state index in [1.807, 2.05) is 24.3 Å². The first-order chi connectivity index (χ1) is 7.57. The lowest BCUT2D eigenvalue weighted by Gasteiger charge is -2.08. The number of anilines is 1. The van der Waals surface area contributed by atoms with Crippen LogP contribution in [0.5, 0.6) is 0 Å². The lowest BCUT2D eigenvalue weighted by molar-refractivity contribution is -0.116.